The van der Waals surface area contributed by atoms with Crippen molar-refractivity contribution in [3.63, 3.8) is 0 Å². The van der Waals surface area contributed by atoms with Crippen LogP contribution in [0.4, 0.5) is 13.2 Å². The number of nitrogens with one attached hydrogen (secondary N) is 2. The predicted octanol–water partition coefficient (Wildman–Crippen LogP) is 6.15. The van der Waals surface area contributed by atoms with Crippen LogP contribution in [0, 0.1) is 11.8 Å². The molecule has 13 heteroatoms. The minimum absolute atomic E-state index is 0.0125. The summed E-state index contributed by atoms with van der Waals surface area (Å²) in [6.07, 6.45) is 3.48. The molecular formula is C34H38F3N3O6S. The van der Waals surface area contributed by atoms with Crippen LogP contribution in [0.2, 0.25) is 0 Å². The monoisotopic (exact) mass is 673 g/mol. The number of alkyl halides is 3. The number of aromatic nitrogens is 1. The van der Waals surface area contributed by atoms with Gasteiger partial charge in [-0.2, -0.15) is 13.2 Å². The minimum atomic E-state index is -4.54. The number of benzene rings is 1. The number of amides is 2. The second-order valence-corrected chi connectivity index (χ2v) is 14.5. The highest BCUT2D eigenvalue weighted by Crippen LogP contribution is 2.33. The molecule has 47 heavy (non-hydrogen) atoms. The predicted molar refractivity (Wildman–Crippen MR) is 167 cm³/mol. The van der Waals surface area contributed by atoms with Crippen LogP contribution in [0.1, 0.15) is 80.3 Å². The third-order valence-electron chi connectivity index (χ3n) is 8.93. The molecule has 252 valence electrons. The van der Waals surface area contributed by atoms with Crippen LogP contribution >= 0.6 is 0 Å². The summed E-state index contributed by atoms with van der Waals surface area (Å²) in [7, 11) is -3.69. The first-order valence-corrected chi connectivity index (χ1v) is 17.6. The van der Waals surface area contributed by atoms with E-state index in [9.17, 15) is 36.0 Å². The number of halogens is 3. The Bertz CT molecular complexity index is 1670. The van der Waals surface area contributed by atoms with E-state index in [0.717, 1.165) is 44.2 Å². The Morgan fingerprint density at radius 3 is 2.43 bits per heavy atom. The number of sulfone groups is 1. The van der Waals surface area contributed by atoms with E-state index >= 15 is 0 Å². The van der Waals surface area contributed by atoms with Crippen LogP contribution in [-0.2, 0) is 25.6 Å². The minimum Gasteiger partial charge on any atom is -0.451 e. The maximum Gasteiger partial charge on any atom is 0.416 e. The maximum absolute atomic E-state index is 13.6. The second kappa shape index (κ2) is 14.8. The number of ketones is 1. The quantitative estimate of drug-likeness (QED) is 0.247. The number of furan rings is 1. The summed E-state index contributed by atoms with van der Waals surface area (Å²) < 4.78 is 71.0. The number of pyridine rings is 1. The van der Waals surface area contributed by atoms with Gasteiger partial charge in [-0.15, -0.1) is 0 Å². The zero-order valence-electron chi connectivity index (χ0n) is 25.8. The molecule has 2 heterocycles. The van der Waals surface area contributed by atoms with Gasteiger partial charge in [0.1, 0.15) is 11.8 Å². The topological polar surface area (TPSA) is 135 Å². The van der Waals surface area contributed by atoms with Gasteiger partial charge in [0.15, 0.2) is 26.4 Å². The van der Waals surface area contributed by atoms with Crippen molar-refractivity contribution in [1.29, 1.82) is 0 Å². The first-order valence-electron chi connectivity index (χ1n) is 15.9. The molecule has 2 aromatic heterocycles. The van der Waals surface area contributed by atoms with Crippen molar-refractivity contribution >= 4 is 27.4 Å². The molecule has 2 N–H and O–H groups in total. The zero-order valence-corrected chi connectivity index (χ0v) is 26.6. The van der Waals surface area contributed by atoms with Gasteiger partial charge in [-0.05, 0) is 67.5 Å². The standard InChI is InChI=1S/C34H38F3N3O6S/c35-34(36,37)25-12-7-11-24(20-25)29-15-16-30(46-29)33(43)40-27(18-22-8-2-1-3-9-22)32(42)39-26-13-6-10-23(19-28(26)41)21-47(44,45)31-14-4-5-17-38-31/h4-5,7,11-12,14-17,20,22-23,26-27H,1-3,6,8-10,13,18-19,21H2,(H,39,42)(H,40,43)/t23?,26-,27-/m0/s1. The van der Waals surface area contributed by atoms with Crippen molar-refractivity contribution in [3.05, 3.63) is 72.1 Å². The van der Waals surface area contributed by atoms with E-state index in [0.29, 0.717) is 25.7 Å². The number of carbonyl (C=O) groups is 3. The summed E-state index contributed by atoms with van der Waals surface area (Å²) >= 11 is 0. The molecule has 9 nitrogen and oxygen atoms in total. The Kier molecular flexibility index (Phi) is 10.8. The highest BCUT2D eigenvalue weighted by Gasteiger charge is 2.34. The van der Waals surface area contributed by atoms with Crippen LogP contribution in [-0.4, -0.2) is 48.8 Å². The summed E-state index contributed by atoms with van der Waals surface area (Å²) in [5, 5.41) is 5.52. The normalized spacial score (nSPS) is 20.3. The fraction of sp³-hybridized carbons (Fsp3) is 0.471. The van der Waals surface area contributed by atoms with E-state index in [2.05, 4.69) is 15.6 Å². The number of hydrogen-bond donors (Lipinski definition) is 2. The van der Waals surface area contributed by atoms with Crippen molar-refractivity contribution in [2.24, 2.45) is 11.8 Å². The lowest BCUT2D eigenvalue weighted by atomic mass is 9.84. The zero-order chi connectivity index (χ0) is 33.6. The molecular weight excluding hydrogens is 635 g/mol. The summed E-state index contributed by atoms with van der Waals surface area (Å²) in [5.74, 6) is -2.04. The highest BCUT2D eigenvalue weighted by molar-refractivity contribution is 7.91. The molecule has 3 atom stereocenters. The van der Waals surface area contributed by atoms with Gasteiger partial charge in [0.25, 0.3) is 5.91 Å². The average molecular weight is 674 g/mol. The van der Waals surface area contributed by atoms with Gasteiger partial charge >= 0.3 is 6.18 Å². The molecule has 5 rings (SSSR count). The Hall–Kier alpha value is -4.00. The average Bonchev–Trinajstić information content (AvgIpc) is 3.49. The smallest absolute Gasteiger partial charge is 0.416 e. The summed E-state index contributed by atoms with van der Waals surface area (Å²) in [6.45, 7) is 0. The lowest BCUT2D eigenvalue weighted by molar-refractivity contribution is -0.137. The second-order valence-electron chi connectivity index (χ2n) is 12.5. The van der Waals surface area contributed by atoms with Gasteiger partial charge in [0.05, 0.1) is 17.4 Å². The van der Waals surface area contributed by atoms with Crippen LogP contribution in [0.5, 0.6) is 0 Å². The van der Waals surface area contributed by atoms with Crippen molar-refractivity contribution in [2.75, 3.05) is 5.75 Å². The van der Waals surface area contributed by atoms with E-state index in [1.807, 2.05) is 0 Å². The van der Waals surface area contributed by atoms with Crippen LogP contribution in [0.15, 0.2) is 70.2 Å². The highest BCUT2D eigenvalue weighted by atomic mass is 32.2. The molecule has 0 aliphatic heterocycles. The van der Waals surface area contributed by atoms with Crippen molar-refractivity contribution < 1.29 is 40.4 Å². The SMILES string of the molecule is O=C(N[C@@H](CC1CCCCC1)C(=O)N[C@H]1CCCC(CS(=O)(=O)c2ccccn2)CC1=O)c1ccc(-c2cccc(C(F)(F)F)c2)o1. The largest absolute Gasteiger partial charge is 0.451 e. The molecule has 2 fully saturated rings. The Morgan fingerprint density at radius 1 is 0.936 bits per heavy atom. The molecule has 1 aromatic carbocycles. The van der Waals surface area contributed by atoms with Gasteiger partial charge < -0.3 is 15.1 Å². The van der Waals surface area contributed by atoms with Gasteiger partial charge in [-0.1, -0.05) is 56.7 Å². The molecule has 2 aliphatic rings. The number of Topliss-reactive ketones (excluding diaryl/α,β-unsaturated/α-hetero) is 1. The summed E-state index contributed by atoms with van der Waals surface area (Å²) in [6, 6.07) is 10.1. The maximum atomic E-state index is 13.6. The van der Waals surface area contributed by atoms with E-state index in [1.165, 1.54) is 36.5 Å². The van der Waals surface area contributed by atoms with Crippen LogP contribution in [0.3, 0.4) is 0 Å². The van der Waals surface area contributed by atoms with Gasteiger partial charge in [-0.3, -0.25) is 14.4 Å². The molecule has 2 saturated carbocycles. The third-order valence-corrected chi connectivity index (χ3v) is 10.7. The molecule has 2 aliphatic carbocycles. The number of carbonyl (C=O) groups excluding carboxylic acids is 3. The fourth-order valence-corrected chi connectivity index (χ4v) is 8.06. The first kappa shape index (κ1) is 34.3. The van der Waals surface area contributed by atoms with E-state index < -0.39 is 51.4 Å². The Morgan fingerprint density at radius 2 is 1.70 bits per heavy atom. The molecule has 0 radical (unpaired) electrons. The third kappa shape index (κ3) is 9.09. The van der Waals surface area contributed by atoms with Gasteiger partial charge in [0, 0.05) is 18.2 Å². The molecule has 3 aromatic rings. The number of rotatable bonds is 10. The summed E-state index contributed by atoms with van der Waals surface area (Å²) in [5.41, 5.74) is -0.704. The Balaban J connectivity index is 1.26. The van der Waals surface area contributed by atoms with Crippen LogP contribution < -0.4 is 10.6 Å². The van der Waals surface area contributed by atoms with Gasteiger partial charge in [-0.25, -0.2) is 13.4 Å². The Labute approximate surface area is 271 Å². The molecule has 2 amide bonds. The van der Waals surface area contributed by atoms with Crippen molar-refractivity contribution in [3.8, 4) is 11.3 Å². The summed E-state index contributed by atoms with van der Waals surface area (Å²) in [4.78, 5) is 44.1. The lowest BCUT2D eigenvalue weighted by Crippen LogP contribution is -2.52. The van der Waals surface area contributed by atoms with Gasteiger partial charge in [0.2, 0.25) is 5.91 Å². The van der Waals surface area contributed by atoms with E-state index in [-0.39, 0.29) is 46.0 Å². The van der Waals surface area contributed by atoms with E-state index in [1.54, 1.807) is 12.1 Å². The van der Waals surface area contributed by atoms with Crippen molar-refractivity contribution in [1.82, 2.24) is 15.6 Å². The fourth-order valence-electron chi connectivity index (χ4n) is 6.48. The molecule has 0 bridgehead atoms. The first-order chi connectivity index (χ1) is 22.4. The molecule has 1 unspecified atom stereocenters. The van der Waals surface area contributed by atoms with E-state index in [4.69, 9.17) is 4.42 Å². The number of nitrogens with zero attached hydrogens (tertiary/aromatic N) is 1. The molecule has 0 spiro atoms. The lowest BCUT2D eigenvalue weighted by Gasteiger charge is -2.27. The van der Waals surface area contributed by atoms with Crippen LogP contribution in [0.25, 0.3) is 11.3 Å². The number of hydrogen-bond acceptors (Lipinski definition) is 7. The van der Waals surface area contributed by atoms with Crippen molar-refractivity contribution in [2.45, 2.75) is 87.5 Å². The molecule has 0 saturated heterocycles.